The molecule has 3 aliphatic heterocycles. The van der Waals surface area contributed by atoms with Crippen molar-refractivity contribution in [1.29, 1.82) is 0 Å². The Morgan fingerprint density at radius 1 is 1.06 bits per heavy atom. The van der Waals surface area contributed by atoms with Crippen molar-refractivity contribution < 1.29 is 28.7 Å². The summed E-state index contributed by atoms with van der Waals surface area (Å²) in [5.41, 5.74) is 0.282. The van der Waals surface area contributed by atoms with Crippen molar-refractivity contribution in [3.05, 3.63) is 34.9 Å². The van der Waals surface area contributed by atoms with Gasteiger partial charge >= 0.3 is 6.09 Å². The fraction of sp³-hybridized carbons (Fsp3) is 0.480. The van der Waals surface area contributed by atoms with Gasteiger partial charge in [-0.2, -0.15) is 0 Å². The Bertz CT molecular complexity index is 1130. The molecule has 1 N–H and O–H groups in total. The molecule has 1 unspecified atom stereocenters. The number of hydrogen-bond donors (Lipinski definition) is 1. The maximum atomic E-state index is 13.2. The van der Waals surface area contributed by atoms with Crippen LogP contribution in [0.2, 0.25) is 0 Å². The molecule has 1 atom stereocenters. The third-order valence-corrected chi connectivity index (χ3v) is 6.03. The molecule has 9 heteroatoms. The number of benzene rings is 1. The molecule has 0 aliphatic carbocycles. The fourth-order valence-electron chi connectivity index (χ4n) is 4.33. The van der Waals surface area contributed by atoms with E-state index in [9.17, 15) is 24.0 Å². The number of rotatable bonds is 1. The lowest BCUT2D eigenvalue weighted by Crippen LogP contribution is -2.54. The quantitative estimate of drug-likeness (QED) is 0.502. The second kappa shape index (κ2) is 8.93. The average molecular weight is 466 g/mol. The summed E-state index contributed by atoms with van der Waals surface area (Å²) in [6, 6.07) is 3.88. The van der Waals surface area contributed by atoms with E-state index < -0.39 is 35.3 Å². The van der Waals surface area contributed by atoms with Crippen molar-refractivity contribution in [3.8, 4) is 11.8 Å². The molecule has 3 aliphatic rings. The van der Waals surface area contributed by atoms with Crippen LogP contribution >= 0.6 is 0 Å². The molecule has 178 valence electrons. The van der Waals surface area contributed by atoms with Gasteiger partial charge in [0.15, 0.2) is 0 Å². The van der Waals surface area contributed by atoms with Crippen molar-refractivity contribution in [2.45, 2.75) is 58.1 Å². The minimum Gasteiger partial charge on any atom is -0.444 e. The van der Waals surface area contributed by atoms with E-state index in [1.54, 1.807) is 23.1 Å². The van der Waals surface area contributed by atoms with Gasteiger partial charge in [0.2, 0.25) is 11.8 Å². The van der Waals surface area contributed by atoms with Gasteiger partial charge in [0, 0.05) is 31.0 Å². The molecule has 5 amide bonds. The van der Waals surface area contributed by atoms with Crippen LogP contribution in [0.5, 0.6) is 0 Å². The first-order chi connectivity index (χ1) is 16.0. The van der Waals surface area contributed by atoms with E-state index in [-0.39, 0.29) is 36.0 Å². The van der Waals surface area contributed by atoms with Crippen molar-refractivity contribution in [3.63, 3.8) is 0 Å². The number of nitrogens with one attached hydrogen (secondary N) is 1. The molecule has 0 aromatic heterocycles. The Morgan fingerprint density at radius 3 is 2.41 bits per heavy atom. The summed E-state index contributed by atoms with van der Waals surface area (Å²) in [7, 11) is 0. The van der Waals surface area contributed by atoms with E-state index in [0.717, 1.165) is 4.90 Å². The Kier molecular flexibility index (Phi) is 6.17. The minimum atomic E-state index is -1.01. The maximum Gasteiger partial charge on any atom is 0.410 e. The van der Waals surface area contributed by atoms with Gasteiger partial charge in [-0.15, -0.1) is 0 Å². The minimum absolute atomic E-state index is 0.0352. The van der Waals surface area contributed by atoms with Crippen LogP contribution in [0, 0.1) is 17.8 Å². The highest BCUT2D eigenvalue weighted by molar-refractivity contribution is 6.24. The normalized spacial score (nSPS) is 21.1. The monoisotopic (exact) mass is 465 g/mol. The molecule has 2 saturated heterocycles. The smallest absolute Gasteiger partial charge is 0.410 e. The van der Waals surface area contributed by atoms with E-state index >= 15 is 0 Å². The SMILES string of the molecule is CC(C)(C)OC(=O)N1CCC(C#Cc2cccc3c2C(=O)N(C2CCC(=O)NC2=O)C3=O)CC1. The Balaban J connectivity index is 1.47. The van der Waals surface area contributed by atoms with Gasteiger partial charge in [-0.3, -0.25) is 29.4 Å². The number of carbonyl (C=O) groups is 5. The largest absolute Gasteiger partial charge is 0.444 e. The zero-order valence-corrected chi connectivity index (χ0v) is 19.5. The van der Waals surface area contributed by atoms with Gasteiger partial charge in [0.1, 0.15) is 11.6 Å². The summed E-state index contributed by atoms with van der Waals surface area (Å²) >= 11 is 0. The zero-order chi connectivity index (χ0) is 24.6. The highest BCUT2D eigenvalue weighted by Gasteiger charge is 2.45. The summed E-state index contributed by atoms with van der Waals surface area (Å²) in [5.74, 6) is 4.09. The molecular formula is C25H27N3O6. The van der Waals surface area contributed by atoms with Crippen LogP contribution in [0.3, 0.4) is 0 Å². The van der Waals surface area contributed by atoms with Gasteiger partial charge in [-0.05, 0) is 52.2 Å². The highest BCUT2D eigenvalue weighted by atomic mass is 16.6. The number of carbonyl (C=O) groups excluding carboxylic acids is 5. The number of amides is 5. The molecule has 1 aromatic rings. The summed E-state index contributed by atoms with van der Waals surface area (Å²) in [5, 5.41) is 2.19. The summed E-state index contributed by atoms with van der Waals surface area (Å²) in [6.45, 7) is 6.54. The molecular weight excluding hydrogens is 438 g/mol. The van der Waals surface area contributed by atoms with Gasteiger partial charge in [-0.1, -0.05) is 17.9 Å². The molecule has 0 saturated carbocycles. The van der Waals surface area contributed by atoms with Crippen LogP contribution in [0.25, 0.3) is 0 Å². The average Bonchev–Trinajstić information content (AvgIpc) is 3.02. The molecule has 34 heavy (non-hydrogen) atoms. The number of imide groups is 2. The molecule has 3 heterocycles. The van der Waals surface area contributed by atoms with Crippen LogP contribution in [0.4, 0.5) is 4.79 Å². The first-order valence-electron chi connectivity index (χ1n) is 11.4. The summed E-state index contributed by atoms with van der Waals surface area (Å²) in [4.78, 5) is 64.7. The second-order valence-electron chi connectivity index (χ2n) is 9.69. The van der Waals surface area contributed by atoms with Crippen LogP contribution in [-0.4, -0.2) is 64.3 Å². The molecule has 1 aromatic carbocycles. The zero-order valence-electron chi connectivity index (χ0n) is 19.5. The predicted octanol–water partition coefficient (Wildman–Crippen LogP) is 2.09. The lowest BCUT2D eigenvalue weighted by atomic mass is 9.96. The Morgan fingerprint density at radius 2 is 1.76 bits per heavy atom. The Hall–Kier alpha value is -3.67. The number of fused-ring (bicyclic) bond motifs is 1. The van der Waals surface area contributed by atoms with E-state index in [2.05, 4.69) is 17.2 Å². The van der Waals surface area contributed by atoms with Gasteiger partial charge < -0.3 is 9.64 Å². The molecule has 0 spiro atoms. The van der Waals surface area contributed by atoms with Crippen LogP contribution in [-0.2, 0) is 14.3 Å². The molecule has 4 rings (SSSR count). The van der Waals surface area contributed by atoms with E-state index in [4.69, 9.17) is 4.74 Å². The van der Waals surface area contributed by atoms with Gasteiger partial charge in [0.25, 0.3) is 11.8 Å². The van der Waals surface area contributed by atoms with Crippen molar-refractivity contribution >= 4 is 29.7 Å². The molecule has 2 fully saturated rings. The highest BCUT2D eigenvalue weighted by Crippen LogP contribution is 2.30. The number of hydrogen-bond acceptors (Lipinski definition) is 6. The first kappa shape index (κ1) is 23.5. The number of piperidine rings is 2. The standard InChI is InChI=1S/C25H27N3O6/c1-25(2,3)34-24(33)27-13-11-15(12-14-27)7-8-16-5-4-6-17-20(16)23(32)28(22(17)31)18-9-10-19(29)26-21(18)30/h4-6,15,18H,9-14H2,1-3H3,(H,26,29,30). The van der Waals surface area contributed by atoms with Crippen LogP contribution in [0.1, 0.15) is 72.7 Å². The molecule has 0 radical (unpaired) electrons. The van der Waals surface area contributed by atoms with E-state index in [1.807, 2.05) is 20.8 Å². The van der Waals surface area contributed by atoms with Crippen molar-refractivity contribution in [2.75, 3.05) is 13.1 Å². The lowest BCUT2D eigenvalue weighted by molar-refractivity contribution is -0.136. The second-order valence-corrected chi connectivity index (χ2v) is 9.69. The number of ether oxygens (including phenoxy) is 1. The number of nitrogens with zero attached hydrogens (tertiary/aromatic N) is 2. The Labute approximate surface area is 197 Å². The van der Waals surface area contributed by atoms with E-state index in [0.29, 0.717) is 31.5 Å². The molecule has 9 nitrogen and oxygen atoms in total. The first-order valence-corrected chi connectivity index (χ1v) is 11.4. The lowest BCUT2D eigenvalue weighted by Gasteiger charge is -2.31. The maximum absolute atomic E-state index is 13.2. The van der Waals surface area contributed by atoms with Crippen molar-refractivity contribution in [2.24, 2.45) is 5.92 Å². The number of likely N-dealkylation sites (tertiary alicyclic amines) is 1. The van der Waals surface area contributed by atoms with Gasteiger partial charge in [0.05, 0.1) is 11.1 Å². The van der Waals surface area contributed by atoms with Crippen molar-refractivity contribution in [1.82, 2.24) is 15.1 Å². The summed E-state index contributed by atoms with van der Waals surface area (Å²) < 4.78 is 5.42. The van der Waals surface area contributed by atoms with E-state index in [1.165, 1.54) is 0 Å². The third-order valence-electron chi connectivity index (χ3n) is 6.03. The fourth-order valence-corrected chi connectivity index (χ4v) is 4.33. The van der Waals surface area contributed by atoms with Crippen LogP contribution in [0.15, 0.2) is 18.2 Å². The van der Waals surface area contributed by atoms with Crippen LogP contribution < -0.4 is 5.32 Å². The van der Waals surface area contributed by atoms with Gasteiger partial charge in [-0.25, -0.2) is 4.79 Å². The topological polar surface area (TPSA) is 113 Å². The molecule has 0 bridgehead atoms. The predicted molar refractivity (Wildman–Crippen MR) is 121 cm³/mol. The third kappa shape index (κ3) is 4.67. The summed E-state index contributed by atoms with van der Waals surface area (Å²) in [6.07, 6.45) is 1.19.